The van der Waals surface area contributed by atoms with Crippen molar-refractivity contribution in [2.24, 2.45) is 0 Å². The Kier molecular flexibility index (Phi) is 6.92. The maximum Gasteiger partial charge on any atom is 0.416 e. The van der Waals surface area contributed by atoms with Crippen LogP contribution in [0.25, 0.3) is 11.1 Å². The van der Waals surface area contributed by atoms with Crippen molar-refractivity contribution in [3.05, 3.63) is 113 Å². The lowest BCUT2D eigenvalue weighted by Crippen LogP contribution is -2.07. The average molecular weight is 463 g/mol. The first-order valence-corrected chi connectivity index (χ1v) is 10.4. The Labute approximate surface area is 194 Å². The van der Waals surface area contributed by atoms with E-state index < -0.39 is 11.7 Å². The van der Waals surface area contributed by atoms with Gasteiger partial charge in [-0.1, -0.05) is 60.7 Å². The van der Waals surface area contributed by atoms with Gasteiger partial charge in [-0.05, 0) is 41.0 Å². The Morgan fingerprint density at radius 2 is 1.38 bits per heavy atom. The lowest BCUT2D eigenvalue weighted by Gasteiger charge is -2.15. The van der Waals surface area contributed by atoms with E-state index in [1.165, 1.54) is 6.07 Å². The summed E-state index contributed by atoms with van der Waals surface area (Å²) in [6, 6.07) is 25.1. The van der Waals surface area contributed by atoms with Gasteiger partial charge in [0.25, 0.3) is 0 Å². The van der Waals surface area contributed by atoms with E-state index in [-0.39, 0.29) is 36.1 Å². The third kappa shape index (κ3) is 5.81. The van der Waals surface area contributed by atoms with Crippen LogP contribution in [0.15, 0.2) is 91.0 Å². The van der Waals surface area contributed by atoms with Crippen molar-refractivity contribution in [2.45, 2.75) is 19.4 Å². The molecule has 0 N–H and O–H groups in total. The highest BCUT2D eigenvalue weighted by atomic mass is 19.4. The van der Waals surface area contributed by atoms with Gasteiger partial charge in [0.05, 0.1) is 5.56 Å². The second-order valence-corrected chi connectivity index (χ2v) is 7.51. The zero-order valence-electron chi connectivity index (χ0n) is 18.0. The minimum atomic E-state index is -4.61. The van der Waals surface area contributed by atoms with Crippen LogP contribution >= 0.6 is 0 Å². The van der Waals surface area contributed by atoms with E-state index in [0.29, 0.717) is 11.8 Å². The molecule has 7 heteroatoms. The summed E-state index contributed by atoms with van der Waals surface area (Å²) < 4.78 is 51.9. The van der Waals surface area contributed by atoms with Gasteiger partial charge in [0, 0.05) is 17.2 Å². The largest absolute Gasteiger partial charge is 0.473 e. The lowest BCUT2D eigenvalue weighted by atomic mass is 10.0. The van der Waals surface area contributed by atoms with Gasteiger partial charge in [-0.3, -0.25) is 4.79 Å². The molecule has 0 aliphatic carbocycles. The van der Waals surface area contributed by atoms with Crippen molar-refractivity contribution in [1.29, 1.82) is 0 Å². The number of aromatic nitrogens is 1. The first kappa shape index (κ1) is 23.0. The first-order valence-electron chi connectivity index (χ1n) is 10.4. The van der Waals surface area contributed by atoms with Gasteiger partial charge in [-0.25, -0.2) is 0 Å². The fourth-order valence-corrected chi connectivity index (χ4v) is 3.33. The number of nitrogens with zero attached hydrogens (tertiary/aromatic N) is 1. The van der Waals surface area contributed by atoms with Crippen LogP contribution in [0, 0.1) is 0 Å². The highest BCUT2D eigenvalue weighted by molar-refractivity contribution is 5.81. The van der Waals surface area contributed by atoms with E-state index in [1.54, 1.807) is 12.1 Å². The molecule has 0 saturated heterocycles. The third-order valence-electron chi connectivity index (χ3n) is 5.01. The number of pyridine rings is 1. The molecule has 0 aliphatic heterocycles. The number of hydrogen-bond donors (Lipinski definition) is 0. The Hall–Kier alpha value is -4.13. The average Bonchev–Trinajstić information content (AvgIpc) is 2.86. The summed E-state index contributed by atoms with van der Waals surface area (Å²) in [5.74, 6) is 0.365. The van der Waals surface area contributed by atoms with Crippen LogP contribution < -0.4 is 9.47 Å². The summed E-state index contributed by atoms with van der Waals surface area (Å²) in [5.41, 5.74) is 1.27. The first-order chi connectivity index (χ1) is 16.4. The van der Waals surface area contributed by atoms with Gasteiger partial charge in [0.15, 0.2) is 0 Å². The molecule has 3 aromatic carbocycles. The Bertz CT molecular complexity index is 1260. The van der Waals surface area contributed by atoms with Gasteiger partial charge >= 0.3 is 6.18 Å². The maximum atomic E-state index is 13.4. The molecule has 1 heterocycles. The molecule has 0 amide bonds. The molecule has 4 nitrogen and oxygen atoms in total. The second kappa shape index (κ2) is 10.2. The normalized spacial score (nSPS) is 11.1. The molecular weight excluding hydrogens is 443 g/mol. The van der Waals surface area contributed by atoms with E-state index in [4.69, 9.17) is 9.47 Å². The van der Waals surface area contributed by atoms with Crippen molar-refractivity contribution < 1.29 is 27.4 Å². The fourth-order valence-electron chi connectivity index (χ4n) is 3.33. The number of ether oxygens (including phenoxy) is 2. The fraction of sp³-hybridized carbons (Fsp3) is 0.111. The standard InChI is InChI=1S/C27H20F3NO3/c28-27(29,30)23-14-21(16-32)13-22(15-23)24-11-12-25(33-17-19-7-3-1-4-8-19)31-26(24)34-18-20-9-5-2-6-10-20/h1-16H,17-18H2. The monoisotopic (exact) mass is 463 g/mol. The number of carbonyl (C=O) groups is 1. The summed E-state index contributed by atoms with van der Waals surface area (Å²) in [6.07, 6.45) is -4.22. The number of rotatable bonds is 8. The predicted molar refractivity (Wildman–Crippen MR) is 122 cm³/mol. The van der Waals surface area contributed by atoms with Crippen molar-refractivity contribution >= 4 is 6.29 Å². The summed E-state index contributed by atoms with van der Waals surface area (Å²) in [4.78, 5) is 15.7. The second-order valence-electron chi connectivity index (χ2n) is 7.51. The predicted octanol–water partition coefficient (Wildman–Crippen LogP) is 6.74. The Morgan fingerprint density at radius 3 is 1.97 bits per heavy atom. The highest BCUT2D eigenvalue weighted by Crippen LogP contribution is 2.37. The number of carbonyl (C=O) groups excluding carboxylic acids is 1. The molecular formula is C27H20F3NO3. The minimum absolute atomic E-state index is 0.0942. The van der Waals surface area contributed by atoms with Crippen LogP contribution in [-0.2, 0) is 19.4 Å². The van der Waals surface area contributed by atoms with Crippen molar-refractivity contribution in [3.8, 4) is 22.9 Å². The van der Waals surface area contributed by atoms with Crippen molar-refractivity contribution in [2.75, 3.05) is 0 Å². The molecule has 0 bridgehead atoms. The van der Waals surface area contributed by atoms with Gasteiger partial charge in [0.1, 0.15) is 19.5 Å². The van der Waals surface area contributed by atoms with Crippen LogP contribution in [0.4, 0.5) is 13.2 Å². The van der Waals surface area contributed by atoms with Crippen molar-refractivity contribution in [1.82, 2.24) is 4.98 Å². The lowest BCUT2D eigenvalue weighted by molar-refractivity contribution is -0.137. The van der Waals surface area contributed by atoms with Crippen LogP contribution in [0.2, 0.25) is 0 Å². The van der Waals surface area contributed by atoms with E-state index in [1.807, 2.05) is 60.7 Å². The van der Waals surface area contributed by atoms with E-state index in [9.17, 15) is 18.0 Å². The van der Waals surface area contributed by atoms with Gasteiger partial charge in [-0.2, -0.15) is 18.2 Å². The molecule has 0 unspecified atom stereocenters. The van der Waals surface area contributed by atoms with Gasteiger partial charge in [0.2, 0.25) is 11.8 Å². The zero-order chi connectivity index (χ0) is 24.0. The van der Waals surface area contributed by atoms with Crippen LogP contribution in [-0.4, -0.2) is 11.3 Å². The molecule has 0 radical (unpaired) electrons. The molecule has 1 aromatic heterocycles. The van der Waals surface area contributed by atoms with Gasteiger partial charge < -0.3 is 9.47 Å². The molecule has 4 aromatic rings. The molecule has 172 valence electrons. The topological polar surface area (TPSA) is 48.4 Å². The highest BCUT2D eigenvalue weighted by Gasteiger charge is 2.31. The quantitative estimate of drug-likeness (QED) is 0.272. The molecule has 0 spiro atoms. The zero-order valence-corrected chi connectivity index (χ0v) is 18.0. The summed E-state index contributed by atoms with van der Waals surface area (Å²) in [6.45, 7) is 0.423. The summed E-state index contributed by atoms with van der Waals surface area (Å²) in [7, 11) is 0. The summed E-state index contributed by atoms with van der Waals surface area (Å²) >= 11 is 0. The molecule has 0 aliphatic rings. The number of hydrogen-bond acceptors (Lipinski definition) is 4. The number of aldehydes is 1. The Balaban J connectivity index is 1.69. The Morgan fingerprint density at radius 1 is 0.765 bits per heavy atom. The number of halogens is 3. The summed E-state index contributed by atoms with van der Waals surface area (Å²) in [5, 5.41) is 0. The van der Waals surface area contributed by atoms with Crippen LogP contribution in [0.5, 0.6) is 11.8 Å². The van der Waals surface area contributed by atoms with E-state index >= 15 is 0 Å². The van der Waals surface area contributed by atoms with Crippen molar-refractivity contribution in [3.63, 3.8) is 0 Å². The minimum Gasteiger partial charge on any atom is -0.473 e. The van der Waals surface area contributed by atoms with Crippen LogP contribution in [0.1, 0.15) is 27.0 Å². The molecule has 0 saturated carbocycles. The van der Waals surface area contributed by atoms with Gasteiger partial charge in [-0.15, -0.1) is 0 Å². The van der Waals surface area contributed by atoms with Crippen LogP contribution in [0.3, 0.4) is 0 Å². The maximum absolute atomic E-state index is 13.4. The SMILES string of the molecule is O=Cc1cc(-c2ccc(OCc3ccccc3)nc2OCc2ccccc2)cc(C(F)(F)F)c1. The molecule has 0 fully saturated rings. The van der Waals surface area contributed by atoms with E-state index in [2.05, 4.69) is 4.98 Å². The molecule has 0 atom stereocenters. The third-order valence-corrected chi connectivity index (χ3v) is 5.01. The van der Waals surface area contributed by atoms with E-state index in [0.717, 1.165) is 23.3 Å². The smallest absolute Gasteiger partial charge is 0.416 e. The molecule has 34 heavy (non-hydrogen) atoms. The number of benzene rings is 3. The number of alkyl halides is 3. The molecule has 4 rings (SSSR count).